The van der Waals surface area contributed by atoms with Gasteiger partial charge in [-0.15, -0.1) is 0 Å². The first-order valence-corrected chi connectivity index (χ1v) is 6.00. The SMILES string of the molecule is CCC(NC(=O)c1ccc2ncccc2c1)C(=O)O. The molecular weight excluding hydrogens is 244 g/mol. The molecular formula is C14H14N2O3. The topological polar surface area (TPSA) is 79.3 Å². The minimum Gasteiger partial charge on any atom is -0.480 e. The summed E-state index contributed by atoms with van der Waals surface area (Å²) in [5.41, 5.74) is 1.23. The van der Waals surface area contributed by atoms with Gasteiger partial charge in [0.1, 0.15) is 6.04 Å². The second-order valence-electron chi connectivity index (χ2n) is 4.18. The molecule has 0 saturated carbocycles. The van der Waals surface area contributed by atoms with Crippen molar-refractivity contribution in [1.82, 2.24) is 10.3 Å². The van der Waals surface area contributed by atoms with E-state index >= 15 is 0 Å². The molecule has 1 heterocycles. The van der Waals surface area contributed by atoms with Crippen molar-refractivity contribution in [1.29, 1.82) is 0 Å². The van der Waals surface area contributed by atoms with Crippen molar-refractivity contribution in [2.75, 3.05) is 0 Å². The van der Waals surface area contributed by atoms with Crippen molar-refractivity contribution in [3.05, 3.63) is 42.1 Å². The zero-order chi connectivity index (χ0) is 13.8. The Hall–Kier alpha value is -2.43. The molecule has 0 radical (unpaired) electrons. The lowest BCUT2D eigenvalue weighted by atomic mass is 10.1. The predicted molar refractivity (Wildman–Crippen MR) is 70.9 cm³/mol. The number of carboxylic acid groups (broad SMARTS) is 1. The Balaban J connectivity index is 2.24. The van der Waals surface area contributed by atoms with Gasteiger partial charge in [-0.1, -0.05) is 13.0 Å². The number of hydrogen-bond acceptors (Lipinski definition) is 3. The molecule has 0 fully saturated rings. The summed E-state index contributed by atoms with van der Waals surface area (Å²) in [6.45, 7) is 1.71. The summed E-state index contributed by atoms with van der Waals surface area (Å²) in [5.74, 6) is -1.42. The number of pyridine rings is 1. The third kappa shape index (κ3) is 2.88. The monoisotopic (exact) mass is 258 g/mol. The minimum absolute atomic E-state index is 0.343. The maximum absolute atomic E-state index is 12.0. The lowest BCUT2D eigenvalue weighted by molar-refractivity contribution is -0.139. The first-order valence-electron chi connectivity index (χ1n) is 6.00. The first kappa shape index (κ1) is 13.0. The van der Waals surface area contributed by atoms with Crippen molar-refractivity contribution >= 4 is 22.8 Å². The molecule has 5 heteroatoms. The van der Waals surface area contributed by atoms with E-state index < -0.39 is 12.0 Å². The molecule has 2 aromatic rings. The number of aromatic nitrogens is 1. The number of nitrogens with one attached hydrogen (secondary N) is 1. The van der Waals surface area contributed by atoms with Crippen LogP contribution in [-0.2, 0) is 4.79 Å². The molecule has 0 aliphatic rings. The molecule has 0 bridgehead atoms. The molecule has 0 aliphatic heterocycles. The van der Waals surface area contributed by atoms with Gasteiger partial charge in [0.25, 0.3) is 5.91 Å². The van der Waals surface area contributed by atoms with E-state index in [9.17, 15) is 9.59 Å². The van der Waals surface area contributed by atoms with Gasteiger partial charge in [-0.05, 0) is 30.7 Å². The number of carboxylic acids is 1. The number of amides is 1. The van der Waals surface area contributed by atoms with Gasteiger partial charge in [0.15, 0.2) is 0 Å². The lowest BCUT2D eigenvalue weighted by Crippen LogP contribution is -2.40. The van der Waals surface area contributed by atoms with Gasteiger partial charge >= 0.3 is 5.97 Å². The molecule has 1 unspecified atom stereocenters. The van der Waals surface area contributed by atoms with Crippen LogP contribution >= 0.6 is 0 Å². The molecule has 0 aliphatic carbocycles. The molecule has 0 saturated heterocycles. The van der Waals surface area contributed by atoms with E-state index in [1.165, 1.54) is 0 Å². The van der Waals surface area contributed by atoms with Crippen LogP contribution in [-0.4, -0.2) is 28.0 Å². The molecule has 2 N–H and O–H groups in total. The maximum Gasteiger partial charge on any atom is 0.326 e. The van der Waals surface area contributed by atoms with Gasteiger partial charge < -0.3 is 10.4 Å². The molecule has 19 heavy (non-hydrogen) atoms. The molecule has 2 rings (SSSR count). The van der Waals surface area contributed by atoms with E-state index in [1.807, 2.05) is 6.07 Å². The van der Waals surface area contributed by atoms with E-state index in [1.54, 1.807) is 37.4 Å². The second kappa shape index (κ2) is 5.48. The van der Waals surface area contributed by atoms with E-state index in [-0.39, 0.29) is 5.91 Å². The van der Waals surface area contributed by atoms with Crippen molar-refractivity contribution in [2.24, 2.45) is 0 Å². The van der Waals surface area contributed by atoms with Crippen molar-refractivity contribution < 1.29 is 14.7 Å². The van der Waals surface area contributed by atoms with Gasteiger partial charge in [0, 0.05) is 17.1 Å². The summed E-state index contributed by atoms with van der Waals surface area (Å²) in [6, 6.07) is 7.86. The highest BCUT2D eigenvalue weighted by molar-refractivity contribution is 5.99. The largest absolute Gasteiger partial charge is 0.480 e. The van der Waals surface area contributed by atoms with Crippen LogP contribution in [0.25, 0.3) is 10.9 Å². The van der Waals surface area contributed by atoms with Gasteiger partial charge in [-0.2, -0.15) is 0 Å². The number of benzene rings is 1. The zero-order valence-electron chi connectivity index (χ0n) is 10.5. The van der Waals surface area contributed by atoms with Crippen molar-refractivity contribution in [3.63, 3.8) is 0 Å². The summed E-state index contributed by atoms with van der Waals surface area (Å²) in [5, 5.41) is 12.3. The maximum atomic E-state index is 12.0. The van der Waals surface area contributed by atoms with Crippen LogP contribution < -0.4 is 5.32 Å². The Morgan fingerprint density at radius 1 is 1.37 bits per heavy atom. The number of hydrogen-bond donors (Lipinski definition) is 2. The van der Waals surface area contributed by atoms with Crippen LogP contribution in [0.15, 0.2) is 36.5 Å². The zero-order valence-corrected chi connectivity index (χ0v) is 10.5. The van der Waals surface area contributed by atoms with Crippen molar-refractivity contribution in [2.45, 2.75) is 19.4 Å². The molecule has 1 aromatic carbocycles. The Labute approximate surface area is 110 Å². The Bertz CT molecular complexity index is 625. The average molecular weight is 258 g/mol. The Morgan fingerprint density at radius 3 is 2.84 bits per heavy atom. The van der Waals surface area contributed by atoms with E-state index in [0.29, 0.717) is 12.0 Å². The number of carbonyl (C=O) groups excluding carboxylic acids is 1. The van der Waals surface area contributed by atoms with E-state index in [2.05, 4.69) is 10.3 Å². The smallest absolute Gasteiger partial charge is 0.326 e. The number of carbonyl (C=O) groups is 2. The predicted octanol–water partition coefficient (Wildman–Crippen LogP) is 1.83. The van der Waals surface area contributed by atoms with Gasteiger partial charge in [-0.25, -0.2) is 4.79 Å². The fourth-order valence-corrected chi connectivity index (χ4v) is 1.80. The normalized spacial score (nSPS) is 12.1. The fraction of sp³-hybridized carbons (Fsp3) is 0.214. The van der Waals surface area contributed by atoms with Crippen LogP contribution in [0.5, 0.6) is 0 Å². The standard InChI is InChI=1S/C14H14N2O3/c1-2-11(14(18)19)16-13(17)10-5-6-12-9(8-10)4-3-7-15-12/h3-8,11H,2H2,1H3,(H,16,17)(H,18,19). The van der Waals surface area contributed by atoms with Crippen LogP contribution in [0, 0.1) is 0 Å². The molecule has 1 aromatic heterocycles. The number of rotatable bonds is 4. The highest BCUT2D eigenvalue weighted by Crippen LogP contribution is 2.13. The summed E-state index contributed by atoms with van der Waals surface area (Å²) >= 11 is 0. The molecule has 1 atom stereocenters. The molecule has 1 amide bonds. The third-order valence-corrected chi connectivity index (χ3v) is 2.88. The van der Waals surface area contributed by atoms with Crippen LogP contribution in [0.3, 0.4) is 0 Å². The van der Waals surface area contributed by atoms with E-state index in [4.69, 9.17) is 5.11 Å². The quantitative estimate of drug-likeness (QED) is 0.876. The Morgan fingerprint density at radius 2 is 2.16 bits per heavy atom. The second-order valence-corrected chi connectivity index (χ2v) is 4.18. The van der Waals surface area contributed by atoms with E-state index in [0.717, 1.165) is 10.9 Å². The number of aliphatic carboxylic acids is 1. The average Bonchev–Trinajstić information content (AvgIpc) is 2.43. The number of nitrogens with zero attached hydrogens (tertiary/aromatic N) is 1. The van der Waals surface area contributed by atoms with Gasteiger partial charge in [0.05, 0.1) is 5.52 Å². The van der Waals surface area contributed by atoms with Crippen LogP contribution in [0.1, 0.15) is 23.7 Å². The summed E-state index contributed by atoms with van der Waals surface area (Å²) in [6.07, 6.45) is 2.02. The molecule has 5 nitrogen and oxygen atoms in total. The molecule has 98 valence electrons. The van der Waals surface area contributed by atoms with Gasteiger partial charge in [-0.3, -0.25) is 9.78 Å². The first-order chi connectivity index (χ1) is 9.11. The number of fused-ring (bicyclic) bond motifs is 1. The van der Waals surface area contributed by atoms with Crippen LogP contribution in [0.4, 0.5) is 0 Å². The third-order valence-electron chi connectivity index (χ3n) is 2.88. The highest BCUT2D eigenvalue weighted by Gasteiger charge is 2.18. The summed E-state index contributed by atoms with van der Waals surface area (Å²) in [7, 11) is 0. The summed E-state index contributed by atoms with van der Waals surface area (Å²) in [4.78, 5) is 27.0. The minimum atomic E-state index is -1.03. The summed E-state index contributed by atoms with van der Waals surface area (Å²) < 4.78 is 0. The van der Waals surface area contributed by atoms with Crippen molar-refractivity contribution in [3.8, 4) is 0 Å². The van der Waals surface area contributed by atoms with Crippen LogP contribution in [0.2, 0.25) is 0 Å². The Kier molecular flexibility index (Phi) is 3.75. The lowest BCUT2D eigenvalue weighted by Gasteiger charge is -2.12. The fourth-order valence-electron chi connectivity index (χ4n) is 1.80. The highest BCUT2D eigenvalue weighted by atomic mass is 16.4. The molecule has 0 spiro atoms. The van der Waals surface area contributed by atoms with Gasteiger partial charge in [0.2, 0.25) is 0 Å².